The number of hydrogen-bond donors (Lipinski definition) is 1. The third kappa shape index (κ3) is 4.29. The van der Waals surface area contributed by atoms with Gasteiger partial charge in [0.2, 0.25) is 11.8 Å². The number of anilines is 1. The van der Waals surface area contributed by atoms with Crippen LogP contribution in [0.1, 0.15) is 40.7 Å². The summed E-state index contributed by atoms with van der Waals surface area (Å²) in [5.74, 6) is 1.82. The topological polar surface area (TPSA) is 90.8 Å². The van der Waals surface area contributed by atoms with E-state index in [1.54, 1.807) is 11.1 Å². The second-order valence-electron chi connectivity index (χ2n) is 9.02. The average Bonchev–Trinajstić information content (AvgIpc) is 3.44. The number of imide groups is 1. The molecule has 0 bridgehead atoms. The van der Waals surface area contributed by atoms with E-state index in [0.717, 1.165) is 62.5 Å². The van der Waals surface area contributed by atoms with Crippen LogP contribution in [0.5, 0.6) is 0 Å². The Balaban J connectivity index is 1.18. The molecule has 1 N–H and O–H groups in total. The molecule has 176 valence electrons. The van der Waals surface area contributed by atoms with Crippen LogP contribution in [0.3, 0.4) is 0 Å². The van der Waals surface area contributed by atoms with Gasteiger partial charge in [-0.3, -0.25) is 29.3 Å². The van der Waals surface area contributed by atoms with E-state index in [4.69, 9.17) is 6.42 Å². The van der Waals surface area contributed by atoms with Gasteiger partial charge in [0.1, 0.15) is 6.04 Å². The van der Waals surface area contributed by atoms with Crippen LogP contribution in [0.15, 0.2) is 30.6 Å². The summed E-state index contributed by atoms with van der Waals surface area (Å²) in [4.78, 5) is 43.4. The second kappa shape index (κ2) is 9.31. The Morgan fingerprint density at radius 2 is 1.94 bits per heavy atom. The van der Waals surface area contributed by atoms with Gasteiger partial charge in [0.05, 0.1) is 11.8 Å². The number of hydrogen-bond acceptors (Lipinski definition) is 6. The minimum atomic E-state index is -0.589. The van der Waals surface area contributed by atoms with Crippen molar-refractivity contribution in [3.05, 3.63) is 47.3 Å². The molecule has 3 aliphatic heterocycles. The van der Waals surface area contributed by atoms with Crippen molar-refractivity contribution < 1.29 is 14.4 Å². The molecule has 0 saturated carbocycles. The van der Waals surface area contributed by atoms with Crippen molar-refractivity contribution in [2.24, 2.45) is 0 Å². The molecule has 9 heteroatoms. The van der Waals surface area contributed by atoms with Crippen LogP contribution < -0.4 is 10.2 Å². The van der Waals surface area contributed by atoms with Crippen molar-refractivity contribution in [1.29, 1.82) is 0 Å². The lowest BCUT2D eigenvalue weighted by atomic mass is 10.0. The monoisotopic (exact) mass is 460 g/mol. The highest BCUT2D eigenvalue weighted by Gasteiger charge is 2.40. The number of benzene rings is 1. The van der Waals surface area contributed by atoms with Crippen molar-refractivity contribution >= 4 is 23.4 Å². The predicted molar refractivity (Wildman–Crippen MR) is 126 cm³/mol. The molecule has 2 fully saturated rings. The molecule has 0 radical (unpaired) electrons. The first-order valence-electron chi connectivity index (χ1n) is 11.8. The Hall–Kier alpha value is -3.64. The van der Waals surface area contributed by atoms with Crippen molar-refractivity contribution in [3.8, 4) is 12.3 Å². The summed E-state index contributed by atoms with van der Waals surface area (Å²) >= 11 is 0. The number of piperazine rings is 1. The quantitative estimate of drug-likeness (QED) is 0.508. The molecule has 0 spiro atoms. The predicted octanol–water partition coefficient (Wildman–Crippen LogP) is 0.838. The molecule has 0 aliphatic carbocycles. The molecule has 5 rings (SSSR count). The van der Waals surface area contributed by atoms with Gasteiger partial charge in [0, 0.05) is 75.2 Å². The molecule has 2 aromatic rings. The molecule has 1 aromatic carbocycles. The summed E-state index contributed by atoms with van der Waals surface area (Å²) in [6.45, 7) is 5.89. The highest BCUT2D eigenvalue weighted by Crippen LogP contribution is 2.34. The fourth-order valence-corrected chi connectivity index (χ4v) is 5.09. The zero-order valence-corrected chi connectivity index (χ0v) is 19.1. The summed E-state index contributed by atoms with van der Waals surface area (Å²) < 4.78 is 1.89. The lowest BCUT2D eigenvalue weighted by Gasteiger charge is -2.37. The molecule has 3 aliphatic rings. The Kier molecular flexibility index (Phi) is 6.07. The number of aryl methyl sites for hydroxylation is 1. The number of terminal acetylenes is 1. The van der Waals surface area contributed by atoms with Gasteiger partial charge in [-0.1, -0.05) is 12.0 Å². The maximum Gasteiger partial charge on any atom is 0.255 e. The van der Waals surface area contributed by atoms with Gasteiger partial charge in [0.25, 0.3) is 5.91 Å². The largest absolute Gasteiger partial charge is 0.369 e. The van der Waals surface area contributed by atoms with Crippen LogP contribution in [0.25, 0.3) is 0 Å². The molecular formula is C25H28N6O3. The zero-order chi connectivity index (χ0) is 23.7. The van der Waals surface area contributed by atoms with Crippen LogP contribution in [0, 0.1) is 12.3 Å². The summed E-state index contributed by atoms with van der Waals surface area (Å²) in [7, 11) is 0. The number of carbonyl (C=O) groups excluding carboxylic acids is 3. The van der Waals surface area contributed by atoms with E-state index in [1.165, 1.54) is 0 Å². The average molecular weight is 461 g/mol. The Bertz CT molecular complexity index is 1160. The number of piperidine rings is 1. The molecular weight excluding hydrogens is 432 g/mol. The molecule has 2 saturated heterocycles. The molecule has 1 aromatic heterocycles. The first-order valence-corrected chi connectivity index (χ1v) is 11.8. The Morgan fingerprint density at radius 1 is 1.12 bits per heavy atom. The number of rotatable bonds is 6. The third-order valence-electron chi connectivity index (χ3n) is 6.93. The van der Waals surface area contributed by atoms with E-state index in [9.17, 15) is 14.4 Å². The molecule has 3 amide bonds. The number of fused-ring (bicyclic) bond motifs is 1. The van der Waals surface area contributed by atoms with E-state index in [0.29, 0.717) is 18.5 Å². The summed E-state index contributed by atoms with van der Waals surface area (Å²) in [6.07, 6.45) is 10.6. The summed E-state index contributed by atoms with van der Waals surface area (Å²) in [5, 5.41) is 6.65. The number of carbonyl (C=O) groups is 3. The zero-order valence-electron chi connectivity index (χ0n) is 19.1. The van der Waals surface area contributed by atoms with Gasteiger partial charge >= 0.3 is 0 Å². The van der Waals surface area contributed by atoms with Gasteiger partial charge in [-0.15, -0.1) is 6.42 Å². The maximum atomic E-state index is 13.1. The molecule has 4 heterocycles. The summed E-state index contributed by atoms with van der Waals surface area (Å²) in [5.41, 5.74) is 3.51. The maximum absolute atomic E-state index is 13.1. The van der Waals surface area contributed by atoms with Crippen molar-refractivity contribution in [2.75, 3.05) is 37.6 Å². The Labute approximate surface area is 198 Å². The minimum Gasteiger partial charge on any atom is -0.369 e. The minimum absolute atomic E-state index is 0.128. The van der Waals surface area contributed by atoms with Gasteiger partial charge in [0.15, 0.2) is 0 Å². The lowest BCUT2D eigenvalue weighted by molar-refractivity contribution is -0.136. The van der Waals surface area contributed by atoms with Gasteiger partial charge in [-0.2, -0.15) is 5.10 Å². The standard InChI is InChI=1S/C25H28N6O3/c1-2-18-15-26-30(16-18)10-4-9-28-11-13-29(14-12-28)21-6-3-5-19-20(21)17-31(25(19)34)22-7-8-23(32)27-24(22)33/h1,3,5-6,15-16,22H,4,7-14,17H2,(H,27,32,33). The third-order valence-corrected chi connectivity index (χ3v) is 6.93. The van der Waals surface area contributed by atoms with E-state index in [-0.39, 0.29) is 24.1 Å². The van der Waals surface area contributed by atoms with Crippen molar-refractivity contribution in [1.82, 2.24) is 24.9 Å². The molecule has 1 unspecified atom stereocenters. The van der Waals surface area contributed by atoms with Crippen molar-refractivity contribution in [3.63, 3.8) is 0 Å². The second-order valence-corrected chi connectivity index (χ2v) is 9.02. The molecule has 9 nitrogen and oxygen atoms in total. The Morgan fingerprint density at radius 3 is 2.68 bits per heavy atom. The van der Waals surface area contributed by atoms with E-state index in [1.807, 2.05) is 23.0 Å². The van der Waals surface area contributed by atoms with Crippen LogP contribution in [-0.2, 0) is 22.7 Å². The van der Waals surface area contributed by atoms with Gasteiger partial charge < -0.3 is 9.80 Å². The van der Waals surface area contributed by atoms with Gasteiger partial charge in [-0.05, 0) is 25.0 Å². The van der Waals surface area contributed by atoms with Crippen LogP contribution in [-0.4, -0.2) is 76.1 Å². The first-order chi connectivity index (χ1) is 16.5. The number of amides is 3. The highest BCUT2D eigenvalue weighted by atomic mass is 16.2. The normalized spacial score (nSPS) is 20.9. The number of nitrogens with one attached hydrogen (secondary N) is 1. The first kappa shape index (κ1) is 22.2. The summed E-state index contributed by atoms with van der Waals surface area (Å²) in [6, 6.07) is 5.23. The van der Waals surface area contributed by atoms with E-state index < -0.39 is 6.04 Å². The van der Waals surface area contributed by atoms with E-state index in [2.05, 4.69) is 32.2 Å². The number of nitrogens with zero attached hydrogens (tertiary/aromatic N) is 5. The van der Waals surface area contributed by atoms with Crippen molar-refractivity contribution in [2.45, 2.75) is 38.4 Å². The molecule has 34 heavy (non-hydrogen) atoms. The van der Waals surface area contributed by atoms with Crippen LogP contribution in [0.4, 0.5) is 5.69 Å². The molecule has 1 atom stereocenters. The highest BCUT2D eigenvalue weighted by molar-refractivity contribution is 6.06. The smallest absolute Gasteiger partial charge is 0.255 e. The van der Waals surface area contributed by atoms with E-state index >= 15 is 0 Å². The fraction of sp³-hybridized carbons (Fsp3) is 0.440. The fourth-order valence-electron chi connectivity index (χ4n) is 5.09. The lowest BCUT2D eigenvalue weighted by Crippen LogP contribution is -2.52. The van der Waals surface area contributed by atoms with Crippen LogP contribution in [0.2, 0.25) is 0 Å². The SMILES string of the molecule is C#Cc1cnn(CCCN2CCN(c3cccc4c3CN(C3CCC(=O)NC3=O)C4=O)CC2)c1. The van der Waals surface area contributed by atoms with Gasteiger partial charge in [-0.25, -0.2) is 0 Å². The number of aromatic nitrogens is 2. The van der Waals surface area contributed by atoms with Crippen LogP contribution >= 0.6 is 0 Å².